The summed E-state index contributed by atoms with van der Waals surface area (Å²) < 4.78 is 1.77. The number of carbonyl (C=O) groups excluding carboxylic acids is 1. The van der Waals surface area contributed by atoms with E-state index in [1.807, 2.05) is 18.2 Å². The molecule has 2 aromatic carbocycles. The molecule has 3 aromatic rings. The van der Waals surface area contributed by atoms with E-state index in [2.05, 4.69) is 40.0 Å². The van der Waals surface area contributed by atoms with Gasteiger partial charge in [0, 0.05) is 12.1 Å². The van der Waals surface area contributed by atoms with Crippen LogP contribution in [0.3, 0.4) is 0 Å². The van der Waals surface area contributed by atoms with Gasteiger partial charge in [0.15, 0.2) is 0 Å². The summed E-state index contributed by atoms with van der Waals surface area (Å²) in [6.07, 6.45) is 4.22. The fraction of sp³-hybridized carbons (Fsp3) is 0.318. The van der Waals surface area contributed by atoms with E-state index in [1.54, 1.807) is 16.9 Å². The zero-order chi connectivity index (χ0) is 20.2. The standard InChI is InChI=1S/C22H24N4O3/c27-21(28)16-8-10-18(11-9-16)24-22(29)25-20-12-13-23-26(20)14-17-6-3-5-15-4-1-2-7-19(15)17/h1-7,12-13,16,18H,8-11,14H2,(H,27,28)(H2,24,25,29). The van der Waals surface area contributed by atoms with E-state index in [0.29, 0.717) is 38.0 Å². The summed E-state index contributed by atoms with van der Waals surface area (Å²) in [4.78, 5) is 23.5. The van der Waals surface area contributed by atoms with Gasteiger partial charge in [-0.1, -0.05) is 42.5 Å². The third-order valence-corrected chi connectivity index (χ3v) is 5.57. The van der Waals surface area contributed by atoms with E-state index in [0.717, 1.165) is 10.9 Å². The Balaban J connectivity index is 1.39. The smallest absolute Gasteiger partial charge is 0.320 e. The summed E-state index contributed by atoms with van der Waals surface area (Å²) in [5.74, 6) is -0.418. The number of aromatic nitrogens is 2. The zero-order valence-electron chi connectivity index (χ0n) is 16.0. The molecule has 7 nitrogen and oxygen atoms in total. The summed E-state index contributed by atoms with van der Waals surface area (Å²) in [5.41, 5.74) is 1.13. The van der Waals surface area contributed by atoms with E-state index in [1.165, 1.54) is 5.39 Å². The number of carboxylic acids is 1. The number of rotatable bonds is 5. The molecule has 1 aliphatic carbocycles. The number of aliphatic carboxylic acids is 1. The Morgan fingerprint density at radius 3 is 2.59 bits per heavy atom. The Morgan fingerprint density at radius 2 is 1.79 bits per heavy atom. The first-order valence-electron chi connectivity index (χ1n) is 9.89. The van der Waals surface area contributed by atoms with Gasteiger partial charge in [-0.15, -0.1) is 0 Å². The second kappa shape index (κ2) is 8.34. The van der Waals surface area contributed by atoms with Crippen LogP contribution in [0.15, 0.2) is 54.7 Å². The summed E-state index contributed by atoms with van der Waals surface area (Å²) >= 11 is 0. The van der Waals surface area contributed by atoms with Crippen molar-refractivity contribution in [2.75, 3.05) is 5.32 Å². The number of anilines is 1. The number of hydrogen-bond acceptors (Lipinski definition) is 3. The van der Waals surface area contributed by atoms with Gasteiger partial charge in [0.25, 0.3) is 0 Å². The van der Waals surface area contributed by atoms with Crippen LogP contribution in [-0.2, 0) is 11.3 Å². The molecule has 0 atom stereocenters. The average molecular weight is 392 g/mol. The Kier molecular flexibility index (Phi) is 5.46. The maximum atomic E-state index is 12.4. The lowest BCUT2D eigenvalue weighted by Crippen LogP contribution is -2.41. The van der Waals surface area contributed by atoms with E-state index in [9.17, 15) is 9.59 Å². The normalized spacial score (nSPS) is 19.0. The van der Waals surface area contributed by atoms with Gasteiger partial charge in [0.05, 0.1) is 18.7 Å². The SMILES string of the molecule is O=C(Nc1ccnn1Cc1cccc2ccccc12)NC1CCC(C(=O)O)CC1. The highest BCUT2D eigenvalue weighted by Crippen LogP contribution is 2.24. The fourth-order valence-electron chi connectivity index (χ4n) is 3.98. The molecule has 0 bridgehead atoms. The maximum Gasteiger partial charge on any atom is 0.320 e. The number of amides is 2. The van der Waals surface area contributed by atoms with Gasteiger partial charge in [0.2, 0.25) is 0 Å². The van der Waals surface area contributed by atoms with Gasteiger partial charge in [-0.05, 0) is 42.0 Å². The van der Waals surface area contributed by atoms with Crippen LogP contribution in [0.25, 0.3) is 10.8 Å². The highest BCUT2D eigenvalue weighted by molar-refractivity contribution is 5.89. The Morgan fingerprint density at radius 1 is 1.03 bits per heavy atom. The minimum Gasteiger partial charge on any atom is -0.481 e. The first kappa shape index (κ1) is 19.0. The predicted octanol–water partition coefficient (Wildman–Crippen LogP) is 3.85. The summed E-state index contributed by atoms with van der Waals surface area (Å²) in [7, 11) is 0. The number of nitrogens with zero attached hydrogens (tertiary/aromatic N) is 2. The highest BCUT2D eigenvalue weighted by Gasteiger charge is 2.26. The van der Waals surface area contributed by atoms with Crippen LogP contribution in [0.5, 0.6) is 0 Å². The van der Waals surface area contributed by atoms with Crippen molar-refractivity contribution in [2.45, 2.75) is 38.3 Å². The molecule has 150 valence electrons. The topological polar surface area (TPSA) is 96.3 Å². The Labute approximate surface area is 168 Å². The molecule has 1 aromatic heterocycles. The lowest BCUT2D eigenvalue weighted by Gasteiger charge is -2.26. The van der Waals surface area contributed by atoms with Crippen molar-refractivity contribution in [1.29, 1.82) is 0 Å². The highest BCUT2D eigenvalue weighted by atomic mass is 16.4. The van der Waals surface area contributed by atoms with E-state index in [-0.39, 0.29) is 18.0 Å². The number of hydrogen-bond donors (Lipinski definition) is 3. The quantitative estimate of drug-likeness (QED) is 0.614. The van der Waals surface area contributed by atoms with Gasteiger partial charge in [0.1, 0.15) is 5.82 Å². The van der Waals surface area contributed by atoms with Gasteiger partial charge in [-0.25, -0.2) is 9.48 Å². The molecule has 4 rings (SSSR count). The minimum absolute atomic E-state index is 0.0000355. The number of urea groups is 1. The molecule has 1 saturated carbocycles. The van der Waals surface area contributed by atoms with E-state index in [4.69, 9.17) is 5.11 Å². The van der Waals surface area contributed by atoms with Crippen molar-refractivity contribution in [1.82, 2.24) is 15.1 Å². The van der Waals surface area contributed by atoms with E-state index >= 15 is 0 Å². The molecule has 0 spiro atoms. The van der Waals surface area contributed by atoms with Crippen molar-refractivity contribution < 1.29 is 14.7 Å². The largest absolute Gasteiger partial charge is 0.481 e. The van der Waals surface area contributed by atoms with Crippen LogP contribution >= 0.6 is 0 Å². The van der Waals surface area contributed by atoms with Crippen molar-refractivity contribution in [2.24, 2.45) is 5.92 Å². The third-order valence-electron chi connectivity index (χ3n) is 5.57. The Hall–Kier alpha value is -3.35. The zero-order valence-corrected chi connectivity index (χ0v) is 16.0. The summed E-state index contributed by atoms with van der Waals surface area (Å²) in [6.45, 7) is 0.549. The second-order valence-corrected chi connectivity index (χ2v) is 7.50. The van der Waals surface area contributed by atoms with Gasteiger partial charge in [-0.3, -0.25) is 10.1 Å². The molecular weight excluding hydrogens is 368 g/mol. The summed E-state index contributed by atoms with van der Waals surface area (Å²) in [6, 6.07) is 15.8. The first-order valence-corrected chi connectivity index (χ1v) is 9.89. The average Bonchev–Trinajstić information content (AvgIpc) is 3.15. The van der Waals surface area contributed by atoms with Crippen LogP contribution in [0.1, 0.15) is 31.2 Å². The molecule has 29 heavy (non-hydrogen) atoms. The number of carboxylic acid groups (broad SMARTS) is 1. The van der Waals surface area contributed by atoms with Gasteiger partial charge < -0.3 is 10.4 Å². The molecule has 3 N–H and O–H groups in total. The van der Waals surface area contributed by atoms with Gasteiger partial charge >= 0.3 is 12.0 Å². The molecule has 0 aliphatic heterocycles. The second-order valence-electron chi connectivity index (χ2n) is 7.50. The number of fused-ring (bicyclic) bond motifs is 1. The van der Waals surface area contributed by atoms with Crippen molar-refractivity contribution >= 4 is 28.6 Å². The molecule has 1 heterocycles. The van der Waals surface area contributed by atoms with Crippen LogP contribution in [0.2, 0.25) is 0 Å². The van der Waals surface area contributed by atoms with Crippen LogP contribution < -0.4 is 10.6 Å². The maximum absolute atomic E-state index is 12.4. The lowest BCUT2D eigenvalue weighted by molar-refractivity contribution is -0.142. The first-order chi connectivity index (χ1) is 14.1. The Bertz CT molecular complexity index is 1020. The lowest BCUT2D eigenvalue weighted by atomic mass is 9.86. The number of carbonyl (C=O) groups is 2. The minimum atomic E-state index is -0.745. The van der Waals surface area contributed by atoms with Gasteiger partial charge in [-0.2, -0.15) is 5.10 Å². The number of nitrogens with one attached hydrogen (secondary N) is 2. The molecular formula is C22H24N4O3. The molecule has 0 saturated heterocycles. The molecule has 0 unspecified atom stereocenters. The molecule has 1 aliphatic rings. The molecule has 7 heteroatoms. The number of benzene rings is 2. The molecule has 0 radical (unpaired) electrons. The van der Waals surface area contributed by atoms with Crippen LogP contribution in [-0.4, -0.2) is 32.9 Å². The fourth-order valence-corrected chi connectivity index (χ4v) is 3.98. The van der Waals surface area contributed by atoms with Crippen molar-refractivity contribution in [3.05, 3.63) is 60.3 Å². The monoisotopic (exact) mass is 392 g/mol. The molecule has 2 amide bonds. The van der Waals surface area contributed by atoms with Crippen molar-refractivity contribution in [3.63, 3.8) is 0 Å². The molecule has 1 fully saturated rings. The van der Waals surface area contributed by atoms with Crippen LogP contribution in [0, 0.1) is 5.92 Å². The summed E-state index contributed by atoms with van der Waals surface area (Å²) in [5, 5.41) is 21.6. The van der Waals surface area contributed by atoms with Crippen molar-refractivity contribution in [3.8, 4) is 0 Å². The third kappa shape index (κ3) is 4.39. The van der Waals surface area contributed by atoms with E-state index < -0.39 is 5.97 Å². The van der Waals surface area contributed by atoms with Crippen LogP contribution in [0.4, 0.5) is 10.6 Å². The predicted molar refractivity (Wildman–Crippen MR) is 111 cm³/mol.